The number of likely N-dealkylation sites (tertiary alicyclic amines) is 2. The summed E-state index contributed by atoms with van der Waals surface area (Å²) in [5, 5.41) is 5.42. The normalized spacial score (nSPS) is 19.1. The van der Waals surface area contributed by atoms with Gasteiger partial charge in [0.1, 0.15) is 23.7 Å². The number of carbonyl (C=O) groups is 4. The minimum Gasteiger partial charge on any atom is -0.453 e. The zero-order valence-electron chi connectivity index (χ0n) is 33.8. The highest BCUT2D eigenvalue weighted by molar-refractivity contribution is 5.89. The number of hydrogen-bond donors (Lipinski definition) is 4. The molecular formula is C42H51N9O7. The van der Waals surface area contributed by atoms with Gasteiger partial charge in [-0.1, -0.05) is 33.8 Å². The Morgan fingerprint density at radius 3 is 1.90 bits per heavy atom. The van der Waals surface area contributed by atoms with E-state index in [2.05, 4.69) is 43.7 Å². The SMILES string of the molecule is COC(=O)NC(C(=O)N1CCCC1c1ncc(-c2ccc3c(c2)Oc2ccc(-c4cnc(C5CCCN5C(=O)C(NC(=O)OC)C(C)C)[nH]4)c4c2N3CC4)[nH]1)C(C)C. The summed E-state index contributed by atoms with van der Waals surface area (Å²) in [4.78, 5) is 73.8. The maximum absolute atomic E-state index is 13.7. The lowest BCUT2D eigenvalue weighted by atomic mass is 10.0. The molecule has 306 valence electrons. The number of nitrogens with zero attached hydrogens (tertiary/aromatic N) is 5. The van der Waals surface area contributed by atoms with Gasteiger partial charge in [-0.15, -0.1) is 0 Å². The van der Waals surface area contributed by atoms with Crippen LogP contribution in [0, 0.1) is 11.8 Å². The fourth-order valence-corrected chi connectivity index (χ4v) is 8.86. The molecule has 4 aromatic rings. The molecule has 2 aromatic heterocycles. The molecular weight excluding hydrogens is 743 g/mol. The Morgan fingerprint density at radius 1 is 0.759 bits per heavy atom. The third-order valence-corrected chi connectivity index (χ3v) is 11.8. The Hall–Kier alpha value is -6.06. The Labute approximate surface area is 337 Å². The van der Waals surface area contributed by atoms with E-state index < -0.39 is 24.3 Å². The summed E-state index contributed by atoms with van der Waals surface area (Å²) >= 11 is 0. The Morgan fingerprint density at radius 2 is 1.33 bits per heavy atom. The van der Waals surface area contributed by atoms with Crippen LogP contribution in [0.25, 0.3) is 22.5 Å². The van der Waals surface area contributed by atoms with Crippen LogP contribution in [-0.2, 0) is 25.5 Å². The summed E-state index contributed by atoms with van der Waals surface area (Å²) in [6.07, 6.45) is 6.40. The van der Waals surface area contributed by atoms with Crippen LogP contribution in [0.4, 0.5) is 21.0 Å². The molecule has 4 N–H and O–H groups in total. The lowest BCUT2D eigenvalue weighted by molar-refractivity contribution is -0.136. The number of aromatic amines is 2. The lowest BCUT2D eigenvalue weighted by Gasteiger charge is -2.30. The van der Waals surface area contributed by atoms with Crippen LogP contribution in [0.15, 0.2) is 42.7 Å². The summed E-state index contributed by atoms with van der Waals surface area (Å²) in [7, 11) is 2.58. The first-order valence-corrected chi connectivity index (χ1v) is 20.1. The zero-order valence-corrected chi connectivity index (χ0v) is 33.8. The van der Waals surface area contributed by atoms with Crippen LogP contribution in [0.2, 0.25) is 0 Å². The van der Waals surface area contributed by atoms with Gasteiger partial charge in [0, 0.05) is 30.8 Å². The molecule has 0 spiro atoms. The number of amides is 4. The first kappa shape index (κ1) is 38.8. The van der Waals surface area contributed by atoms with E-state index in [9.17, 15) is 19.2 Å². The van der Waals surface area contributed by atoms with Gasteiger partial charge in [-0.05, 0) is 73.8 Å². The molecule has 16 heteroatoms. The van der Waals surface area contributed by atoms with Crippen molar-refractivity contribution in [1.82, 2.24) is 40.4 Å². The minimum absolute atomic E-state index is 0.116. The van der Waals surface area contributed by atoms with Gasteiger partial charge in [0.15, 0.2) is 11.5 Å². The summed E-state index contributed by atoms with van der Waals surface area (Å²) < 4.78 is 16.1. The van der Waals surface area contributed by atoms with E-state index in [1.165, 1.54) is 19.8 Å². The van der Waals surface area contributed by atoms with Crippen molar-refractivity contribution >= 4 is 35.4 Å². The molecule has 4 atom stereocenters. The van der Waals surface area contributed by atoms with Crippen LogP contribution in [0.1, 0.15) is 82.7 Å². The number of ether oxygens (including phenoxy) is 3. The summed E-state index contributed by atoms with van der Waals surface area (Å²) in [5.74, 6) is 2.41. The van der Waals surface area contributed by atoms with E-state index in [-0.39, 0.29) is 35.7 Å². The molecule has 2 saturated heterocycles. The van der Waals surface area contributed by atoms with Gasteiger partial charge >= 0.3 is 12.2 Å². The van der Waals surface area contributed by atoms with Crippen molar-refractivity contribution in [3.8, 4) is 34.0 Å². The number of benzene rings is 2. The topological polar surface area (TPSA) is 187 Å². The Balaban J connectivity index is 0.993. The van der Waals surface area contributed by atoms with Crippen molar-refractivity contribution in [1.29, 1.82) is 0 Å². The number of imidazole rings is 2. The first-order valence-electron chi connectivity index (χ1n) is 20.1. The highest BCUT2D eigenvalue weighted by Crippen LogP contribution is 2.54. The number of H-pyrrole nitrogens is 2. The lowest BCUT2D eigenvalue weighted by Crippen LogP contribution is -2.51. The number of nitrogens with one attached hydrogen (secondary N) is 4. The number of aromatic nitrogens is 4. The van der Waals surface area contributed by atoms with E-state index in [1.54, 1.807) is 11.1 Å². The number of rotatable bonds is 10. The molecule has 0 saturated carbocycles. The average Bonchev–Trinajstić information content (AvgIpc) is 4.07. The fraction of sp³-hybridized carbons (Fsp3) is 0.476. The molecule has 0 aliphatic carbocycles. The third kappa shape index (κ3) is 6.98. The van der Waals surface area contributed by atoms with E-state index in [4.69, 9.17) is 24.2 Å². The van der Waals surface area contributed by atoms with Crippen LogP contribution in [0.3, 0.4) is 0 Å². The predicted molar refractivity (Wildman–Crippen MR) is 215 cm³/mol. The maximum atomic E-state index is 13.7. The van der Waals surface area contributed by atoms with E-state index in [1.807, 2.05) is 50.9 Å². The quantitative estimate of drug-likeness (QED) is 0.141. The minimum atomic E-state index is -0.704. The molecule has 4 unspecified atom stereocenters. The second kappa shape index (κ2) is 15.7. The van der Waals surface area contributed by atoms with Gasteiger partial charge in [-0.2, -0.15) is 0 Å². The molecule has 58 heavy (non-hydrogen) atoms. The van der Waals surface area contributed by atoms with Crippen molar-refractivity contribution in [2.24, 2.45) is 11.8 Å². The van der Waals surface area contributed by atoms with Crippen LogP contribution >= 0.6 is 0 Å². The average molecular weight is 794 g/mol. The van der Waals surface area contributed by atoms with Gasteiger partial charge in [0.25, 0.3) is 0 Å². The predicted octanol–water partition coefficient (Wildman–Crippen LogP) is 6.35. The van der Waals surface area contributed by atoms with Gasteiger partial charge in [-0.25, -0.2) is 19.6 Å². The van der Waals surface area contributed by atoms with E-state index in [0.29, 0.717) is 18.9 Å². The molecule has 16 nitrogen and oxygen atoms in total. The second-order valence-electron chi connectivity index (χ2n) is 16.1. The molecule has 4 amide bonds. The molecule has 0 bridgehead atoms. The van der Waals surface area contributed by atoms with Crippen molar-refractivity contribution in [3.05, 3.63) is 59.9 Å². The summed E-state index contributed by atoms with van der Waals surface area (Å²) in [6, 6.07) is 8.35. The number of methoxy groups -OCH3 is 2. The van der Waals surface area contributed by atoms with Crippen molar-refractivity contribution in [2.45, 2.75) is 84.0 Å². The third-order valence-electron chi connectivity index (χ3n) is 11.8. The van der Waals surface area contributed by atoms with Gasteiger partial charge in [0.05, 0.1) is 61.5 Å². The van der Waals surface area contributed by atoms with Gasteiger partial charge in [0.2, 0.25) is 11.8 Å². The monoisotopic (exact) mass is 793 g/mol. The molecule has 6 heterocycles. The van der Waals surface area contributed by atoms with Gasteiger partial charge < -0.3 is 49.5 Å². The van der Waals surface area contributed by atoms with Crippen LogP contribution in [0.5, 0.6) is 11.5 Å². The molecule has 2 fully saturated rings. The standard InChI is InChI=1S/C42H51N9O7/c1-22(2)34(47-41(54)56-5)39(52)50-16-7-9-30(50)37-43-20-27(45-37)24-11-13-29-33(19-24)58-32-14-12-25(26-15-18-49(29)36(26)32)28-21-44-38(46-28)31-10-8-17-51(31)40(53)35(23(3)4)48-42(55)57-6/h11-14,19-23,30-31,34-35H,7-10,15-18H2,1-6H3,(H,43,45)(H,44,46)(H,47,54)(H,48,55). The fourth-order valence-electron chi connectivity index (χ4n) is 8.86. The maximum Gasteiger partial charge on any atom is 0.407 e. The molecule has 8 rings (SSSR count). The van der Waals surface area contributed by atoms with E-state index >= 15 is 0 Å². The van der Waals surface area contributed by atoms with Gasteiger partial charge in [-0.3, -0.25) is 9.59 Å². The number of carbonyl (C=O) groups excluding carboxylic acids is 4. The number of hydrogen-bond acceptors (Lipinski definition) is 10. The Kier molecular flexibility index (Phi) is 10.5. The molecule has 0 radical (unpaired) electrons. The number of alkyl carbamates (subject to hydrolysis) is 2. The Bertz CT molecular complexity index is 2230. The van der Waals surface area contributed by atoms with Crippen LogP contribution < -0.4 is 20.3 Å². The highest BCUT2D eigenvalue weighted by atomic mass is 16.5. The number of fused-ring (bicyclic) bond motifs is 2. The van der Waals surface area contributed by atoms with E-state index in [0.717, 1.165) is 89.9 Å². The number of anilines is 2. The largest absolute Gasteiger partial charge is 0.453 e. The molecule has 4 aliphatic rings. The van der Waals surface area contributed by atoms with Crippen molar-refractivity contribution in [3.63, 3.8) is 0 Å². The summed E-state index contributed by atoms with van der Waals surface area (Å²) in [5.41, 5.74) is 6.82. The summed E-state index contributed by atoms with van der Waals surface area (Å²) in [6.45, 7) is 9.55. The first-order chi connectivity index (χ1) is 28.0. The van der Waals surface area contributed by atoms with Crippen molar-refractivity contribution < 1.29 is 33.4 Å². The molecule has 2 aromatic carbocycles. The van der Waals surface area contributed by atoms with Crippen LogP contribution in [-0.4, -0.2) is 99.7 Å². The second-order valence-corrected chi connectivity index (χ2v) is 16.1. The smallest absolute Gasteiger partial charge is 0.407 e. The molecule has 4 aliphatic heterocycles. The van der Waals surface area contributed by atoms with Crippen molar-refractivity contribution in [2.75, 3.05) is 38.8 Å². The highest BCUT2D eigenvalue weighted by Gasteiger charge is 2.40. The zero-order chi connectivity index (χ0) is 40.8.